The first kappa shape index (κ1) is 13.6. The minimum Gasteiger partial charge on any atom is -0.377 e. The summed E-state index contributed by atoms with van der Waals surface area (Å²) in [5.74, 6) is 0.768. The summed E-state index contributed by atoms with van der Waals surface area (Å²) in [6, 6.07) is 10.8. The molecule has 18 heavy (non-hydrogen) atoms. The molecule has 0 spiro atoms. The molecule has 2 nitrogen and oxygen atoms in total. The van der Waals surface area contributed by atoms with E-state index in [4.69, 9.17) is 10.5 Å². The molecule has 100 valence electrons. The van der Waals surface area contributed by atoms with Crippen molar-refractivity contribution in [3.05, 3.63) is 35.9 Å². The van der Waals surface area contributed by atoms with Gasteiger partial charge in [-0.15, -0.1) is 0 Å². The van der Waals surface area contributed by atoms with Crippen LogP contribution in [0.2, 0.25) is 0 Å². The van der Waals surface area contributed by atoms with Gasteiger partial charge >= 0.3 is 0 Å². The zero-order chi connectivity index (χ0) is 12.8. The molecule has 0 aromatic heterocycles. The third-order valence-corrected chi connectivity index (χ3v) is 3.89. The van der Waals surface area contributed by atoms with E-state index in [-0.39, 0.29) is 12.1 Å². The van der Waals surface area contributed by atoms with Crippen molar-refractivity contribution in [2.45, 2.75) is 51.2 Å². The largest absolute Gasteiger partial charge is 0.377 e. The standard InChI is InChI=1S/C16H25NO/c1-13-9-10-15(17)16(12-13)18-11-5-8-14-6-3-2-4-7-14/h2-4,6-7,13,15-16H,5,8-12,17H2,1H3. The summed E-state index contributed by atoms with van der Waals surface area (Å²) in [7, 11) is 0. The Bertz CT molecular complexity index is 338. The molecule has 2 N–H and O–H groups in total. The molecule has 0 radical (unpaired) electrons. The first-order valence-corrected chi connectivity index (χ1v) is 7.17. The second-order valence-electron chi connectivity index (χ2n) is 5.58. The minimum absolute atomic E-state index is 0.248. The van der Waals surface area contributed by atoms with Crippen molar-refractivity contribution >= 4 is 0 Å². The molecule has 0 saturated heterocycles. The Hall–Kier alpha value is -0.860. The van der Waals surface area contributed by atoms with Gasteiger partial charge in [0.1, 0.15) is 0 Å². The van der Waals surface area contributed by atoms with Crippen molar-refractivity contribution in [2.75, 3.05) is 6.61 Å². The third kappa shape index (κ3) is 4.11. The van der Waals surface area contributed by atoms with Gasteiger partial charge in [-0.05, 0) is 43.6 Å². The van der Waals surface area contributed by atoms with E-state index in [0.717, 1.165) is 38.2 Å². The van der Waals surface area contributed by atoms with E-state index in [0.29, 0.717) is 0 Å². The van der Waals surface area contributed by atoms with Crippen LogP contribution in [0.15, 0.2) is 30.3 Å². The van der Waals surface area contributed by atoms with Crippen LogP contribution in [0.5, 0.6) is 0 Å². The van der Waals surface area contributed by atoms with Gasteiger partial charge in [0.15, 0.2) is 0 Å². The van der Waals surface area contributed by atoms with Gasteiger partial charge < -0.3 is 10.5 Å². The van der Waals surface area contributed by atoms with E-state index in [1.54, 1.807) is 0 Å². The van der Waals surface area contributed by atoms with Gasteiger partial charge in [-0.2, -0.15) is 0 Å². The summed E-state index contributed by atoms with van der Waals surface area (Å²) < 4.78 is 5.96. The van der Waals surface area contributed by atoms with E-state index < -0.39 is 0 Å². The summed E-state index contributed by atoms with van der Waals surface area (Å²) in [4.78, 5) is 0. The van der Waals surface area contributed by atoms with Crippen LogP contribution < -0.4 is 5.73 Å². The van der Waals surface area contributed by atoms with Crippen LogP contribution >= 0.6 is 0 Å². The molecule has 1 aliphatic rings. The molecule has 1 fully saturated rings. The number of rotatable bonds is 5. The Kier molecular flexibility index (Phi) is 5.21. The van der Waals surface area contributed by atoms with Gasteiger partial charge in [-0.3, -0.25) is 0 Å². The number of benzene rings is 1. The van der Waals surface area contributed by atoms with Crippen molar-refractivity contribution < 1.29 is 4.74 Å². The minimum atomic E-state index is 0.248. The Labute approximate surface area is 111 Å². The van der Waals surface area contributed by atoms with Gasteiger partial charge in [0.2, 0.25) is 0 Å². The predicted molar refractivity (Wildman–Crippen MR) is 75.5 cm³/mol. The Morgan fingerprint density at radius 3 is 2.78 bits per heavy atom. The number of ether oxygens (including phenoxy) is 1. The van der Waals surface area contributed by atoms with Gasteiger partial charge in [-0.1, -0.05) is 37.3 Å². The molecular weight excluding hydrogens is 222 g/mol. The van der Waals surface area contributed by atoms with Gasteiger partial charge in [0.25, 0.3) is 0 Å². The average Bonchev–Trinajstić information content (AvgIpc) is 2.40. The van der Waals surface area contributed by atoms with Crippen molar-refractivity contribution in [3.63, 3.8) is 0 Å². The summed E-state index contributed by atoms with van der Waals surface area (Å²) in [6.45, 7) is 3.13. The van der Waals surface area contributed by atoms with Crippen LogP contribution in [0.1, 0.15) is 38.2 Å². The lowest BCUT2D eigenvalue weighted by Crippen LogP contribution is -2.41. The molecule has 2 heteroatoms. The molecule has 1 aromatic rings. The smallest absolute Gasteiger partial charge is 0.0728 e. The monoisotopic (exact) mass is 247 g/mol. The van der Waals surface area contributed by atoms with Crippen LogP contribution in [0.25, 0.3) is 0 Å². The summed E-state index contributed by atoms with van der Waals surface area (Å²) >= 11 is 0. The Morgan fingerprint density at radius 2 is 2.00 bits per heavy atom. The van der Waals surface area contributed by atoms with Gasteiger partial charge in [0.05, 0.1) is 6.10 Å². The zero-order valence-electron chi connectivity index (χ0n) is 11.3. The maximum absolute atomic E-state index is 6.11. The fraction of sp³-hybridized carbons (Fsp3) is 0.625. The Morgan fingerprint density at radius 1 is 1.22 bits per heavy atom. The molecule has 3 unspecified atom stereocenters. The van der Waals surface area contributed by atoms with Crippen LogP contribution in [-0.2, 0) is 11.2 Å². The third-order valence-electron chi connectivity index (χ3n) is 3.89. The van der Waals surface area contributed by atoms with Crippen LogP contribution in [0, 0.1) is 5.92 Å². The van der Waals surface area contributed by atoms with E-state index >= 15 is 0 Å². The Balaban J connectivity index is 1.66. The second-order valence-corrected chi connectivity index (χ2v) is 5.58. The highest BCUT2D eigenvalue weighted by Crippen LogP contribution is 2.25. The van der Waals surface area contributed by atoms with Gasteiger partial charge in [0, 0.05) is 12.6 Å². The summed E-state index contributed by atoms with van der Waals surface area (Å²) in [5.41, 5.74) is 7.50. The fourth-order valence-corrected chi connectivity index (χ4v) is 2.70. The summed E-state index contributed by atoms with van der Waals surface area (Å²) in [6.07, 6.45) is 5.96. The molecule has 0 bridgehead atoms. The van der Waals surface area contributed by atoms with Crippen molar-refractivity contribution in [1.82, 2.24) is 0 Å². The van der Waals surface area contributed by atoms with Crippen molar-refractivity contribution in [2.24, 2.45) is 11.7 Å². The number of nitrogens with two attached hydrogens (primary N) is 1. The average molecular weight is 247 g/mol. The lowest BCUT2D eigenvalue weighted by atomic mass is 9.85. The fourth-order valence-electron chi connectivity index (χ4n) is 2.70. The highest BCUT2D eigenvalue weighted by atomic mass is 16.5. The maximum atomic E-state index is 6.11. The topological polar surface area (TPSA) is 35.2 Å². The lowest BCUT2D eigenvalue weighted by Gasteiger charge is -2.32. The zero-order valence-corrected chi connectivity index (χ0v) is 11.3. The molecular formula is C16H25NO. The first-order chi connectivity index (χ1) is 8.75. The van der Waals surface area contributed by atoms with E-state index in [9.17, 15) is 0 Å². The van der Waals surface area contributed by atoms with Crippen LogP contribution in [-0.4, -0.2) is 18.8 Å². The summed E-state index contributed by atoms with van der Waals surface area (Å²) in [5, 5.41) is 0. The van der Waals surface area contributed by atoms with Crippen molar-refractivity contribution in [3.8, 4) is 0 Å². The van der Waals surface area contributed by atoms with Crippen molar-refractivity contribution in [1.29, 1.82) is 0 Å². The molecule has 1 saturated carbocycles. The highest BCUT2D eigenvalue weighted by Gasteiger charge is 2.26. The van der Waals surface area contributed by atoms with E-state index in [1.807, 2.05) is 0 Å². The lowest BCUT2D eigenvalue weighted by molar-refractivity contribution is 0.00136. The molecule has 0 heterocycles. The maximum Gasteiger partial charge on any atom is 0.0728 e. The van der Waals surface area contributed by atoms with Crippen LogP contribution in [0.4, 0.5) is 0 Å². The molecule has 1 aromatic carbocycles. The van der Waals surface area contributed by atoms with Gasteiger partial charge in [-0.25, -0.2) is 0 Å². The molecule has 0 amide bonds. The quantitative estimate of drug-likeness (QED) is 0.811. The molecule has 0 aliphatic heterocycles. The SMILES string of the molecule is CC1CCC(N)C(OCCCc2ccccc2)C1. The predicted octanol–water partition coefficient (Wildman–Crippen LogP) is 3.15. The molecule has 2 rings (SSSR count). The second kappa shape index (κ2) is 6.91. The van der Waals surface area contributed by atoms with E-state index in [1.165, 1.54) is 12.0 Å². The number of hydrogen-bond acceptors (Lipinski definition) is 2. The normalized spacial score (nSPS) is 28.2. The van der Waals surface area contributed by atoms with Crippen LogP contribution in [0.3, 0.4) is 0 Å². The van der Waals surface area contributed by atoms with E-state index in [2.05, 4.69) is 37.3 Å². The molecule has 1 aliphatic carbocycles. The number of hydrogen-bond donors (Lipinski definition) is 1. The molecule has 3 atom stereocenters. The highest BCUT2D eigenvalue weighted by molar-refractivity contribution is 5.14. The first-order valence-electron chi connectivity index (χ1n) is 7.17. The number of aryl methyl sites for hydroxylation is 1.